The molecular formula is C59H51N4OPt-3. The van der Waals surface area contributed by atoms with E-state index in [1.54, 1.807) is 0 Å². The number of benzene rings is 7. The number of para-hydroxylation sites is 1. The second kappa shape index (κ2) is 17.4. The molecule has 0 fully saturated rings. The molecule has 0 spiro atoms. The van der Waals surface area contributed by atoms with Crippen molar-refractivity contribution in [1.29, 1.82) is 0 Å². The van der Waals surface area contributed by atoms with Crippen molar-refractivity contribution in [3.05, 3.63) is 247 Å². The van der Waals surface area contributed by atoms with Gasteiger partial charge in [0.05, 0.1) is 0 Å². The molecule has 0 aliphatic carbocycles. The molecule has 1 aliphatic rings. The number of rotatable bonds is 11. The molecule has 0 unspecified atom stereocenters. The van der Waals surface area contributed by atoms with Crippen molar-refractivity contribution in [3.8, 4) is 17.3 Å². The van der Waals surface area contributed by atoms with Crippen LogP contribution in [0.2, 0.25) is 0 Å². The van der Waals surface area contributed by atoms with Crippen LogP contribution in [-0.2, 0) is 37.3 Å². The summed E-state index contributed by atoms with van der Waals surface area (Å²) >= 11 is 0. The third-order valence-corrected chi connectivity index (χ3v) is 13.3. The van der Waals surface area contributed by atoms with Gasteiger partial charge in [0, 0.05) is 66.2 Å². The summed E-state index contributed by atoms with van der Waals surface area (Å²) in [5.74, 6) is 2.03. The van der Waals surface area contributed by atoms with Crippen LogP contribution in [0.4, 0.5) is 11.4 Å². The molecule has 1 aliphatic heterocycles. The van der Waals surface area contributed by atoms with Gasteiger partial charge in [-0.25, -0.2) is 4.98 Å². The van der Waals surface area contributed by atoms with Gasteiger partial charge in [0.1, 0.15) is 5.82 Å². The largest absolute Gasteiger partial charge is 0.509 e. The number of anilines is 2. The number of pyridine rings is 1. The molecule has 326 valence electrons. The zero-order chi connectivity index (χ0) is 44.1. The molecule has 0 bridgehead atoms. The Morgan fingerprint density at radius 3 is 1.66 bits per heavy atom. The number of nitrogens with zero attached hydrogens (tertiary/aromatic N) is 4. The molecule has 2 aromatic heterocycles. The van der Waals surface area contributed by atoms with Crippen LogP contribution in [0.15, 0.2) is 195 Å². The summed E-state index contributed by atoms with van der Waals surface area (Å²) < 4.78 is 8.79. The van der Waals surface area contributed by atoms with Crippen LogP contribution in [0.5, 0.6) is 11.5 Å². The van der Waals surface area contributed by atoms with Crippen molar-refractivity contribution in [2.75, 3.05) is 9.80 Å². The second-order valence-electron chi connectivity index (χ2n) is 18.3. The predicted octanol–water partition coefficient (Wildman–Crippen LogP) is 14.5. The van der Waals surface area contributed by atoms with E-state index in [0.717, 1.165) is 39.0 Å². The number of ether oxygens (including phenoxy) is 1. The zero-order valence-electron chi connectivity index (χ0n) is 37.6. The van der Waals surface area contributed by atoms with Gasteiger partial charge in [-0.1, -0.05) is 162 Å². The van der Waals surface area contributed by atoms with Gasteiger partial charge in [0.15, 0.2) is 0 Å². The van der Waals surface area contributed by atoms with Gasteiger partial charge < -0.3 is 19.1 Å². The molecule has 6 heteroatoms. The fraction of sp³-hybridized carbons (Fsp3) is 0.153. The Morgan fingerprint density at radius 2 is 1.03 bits per heavy atom. The van der Waals surface area contributed by atoms with Gasteiger partial charge in [-0.15, -0.1) is 48.1 Å². The predicted molar refractivity (Wildman–Crippen MR) is 263 cm³/mol. The normalized spacial score (nSPS) is 13.1. The van der Waals surface area contributed by atoms with E-state index in [4.69, 9.17) is 9.72 Å². The first-order valence-electron chi connectivity index (χ1n) is 22.0. The number of hydrogen-bond acceptors (Lipinski definition) is 4. The zero-order valence-corrected chi connectivity index (χ0v) is 39.8. The topological polar surface area (TPSA) is 33.5 Å². The molecule has 0 N–H and O–H groups in total. The van der Waals surface area contributed by atoms with Gasteiger partial charge in [-0.2, -0.15) is 12.1 Å². The summed E-state index contributed by atoms with van der Waals surface area (Å²) in [7, 11) is 0. The van der Waals surface area contributed by atoms with Crippen LogP contribution in [0, 0.1) is 18.8 Å². The van der Waals surface area contributed by atoms with E-state index < -0.39 is 0 Å². The SMILES string of the molecule is CC(C)(c1ccccc1)c1cc(N2C=CN(c3[c-]c(Oc4[c-]c5c(cc4)c4ccccc4n5-c4cc(C(C)(C)c5ccccc5)ccn4)ccc3)[CH-]2)cc(C(C)(C)c2ccccc2)c1.[Pt]. The molecule has 5 nitrogen and oxygen atoms in total. The van der Waals surface area contributed by atoms with E-state index in [0.29, 0.717) is 11.5 Å². The van der Waals surface area contributed by atoms with Crippen LogP contribution in [0.3, 0.4) is 0 Å². The smallest absolute Gasteiger partial charge is 0.135 e. The standard InChI is InChI=1S/C59H51N4O.Pt/c1-57(2,42-19-10-7-11-20-42)45-31-32-60-56(38-45)63-54-28-17-16-27-52(54)53-30-29-51(40-55(53)63)64-50-26-18-25-48(39-50)61-33-34-62(41-61)49-36-46(58(3,4)43-21-12-8-13-22-43)35-47(37-49)59(5,6)44-23-14-9-15-24-44;/h7-38,41H,1-6H3;/q-3;. The molecule has 0 atom stereocenters. The maximum Gasteiger partial charge on any atom is 0.135 e. The van der Waals surface area contributed by atoms with Crippen molar-refractivity contribution in [2.45, 2.75) is 57.8 Å². The molecule has 0 saturated carbocycles. The Morgan fingerprint density at radius 1 is 0.477 bits per heavy atom. The van der Waals surface area contributed by atoms with Crippen LogP contribution in [0.25, 0.3) is 27.6 Å². The monoisotopic (exact) mass is 1030 g/mol. The fourth-order valence-electron chi connectivity index (χ4n) is 9.06. The number of aromatic nitrogens is 2. The van der Waals surface area contributed by atoms with E-state index >= 15 is 0 Å². The van der Waals surface area contributed by atoms with Gasteiger partial charge >= 0.3 is 0 Å². The van der Waals surface area contributed by atoms with Gasteiger partial charge in [0.25, 0.3) is 0 Å². The summed E-state index contributed by atoms with van der Waals surface area (Å²) in [4.78, 5) is 9.21. The van der Waals surface area contributed by atoms with Crippen molar-refractivity contribution < 1.29 is 25.8 Å². The van der Waals surface area contributed by atoms with E-state index in [2.05, 4.69) is 245 Å². The molecule has 9 aromatic rings. The molecule has 7 aromatic carbocycles. The van der Waals surface area contributed by atoms with E-state index in [1.165, 1.54) is 33.4 Å². The maximum absolute atomic E-state index is 6.59. The molecule has 0 saturated heterocycles. The number of hydrogen-bond donors (Lipinski definition) is 0. The Labute approximate surface area is 397 Å². The van der Waals surface area contributed by atoms with Crippen LogP contribution in [0.1, 0.15) is 74.9 Å². The minimum absolute atomic E-state index is 0. The molecule has 3 heterocycles. The van der Waals surface area contributed by atoms with Crippen LogP contribution < -0.4 is 14.5 Å². The first kappa shape index (κ1) is 43.6. The maximum atomic E-state index is 6.59. The fourth-order valence-corrected chi connectivity index (χ4v) is 9.06. The average Bonchev–Trinajstić information content (AvgIpc) is 3.96. The third-order valence-electron chi connectivity index (χ3n) is 13.3. The molecule has 10 rings (SSSR count). The van der Waals surface area contributed by atoms with Crippen molar-refractivity contribution in [1.82, 2.24) is 9.55 Å². The summed E-state index contributed by atoms with van der Waals surface area (Å²) in [5.41, 5.74) is 10.7. The molecular weight excluding hydrogens is 976 g/mol. The second-order valence-corrected chi connectivity index (χ2v) is 18.3. The van der Waals surface area contributed by atoms with Crippen molar-refractivity contribution in [2.24, 2.45) is 0 Å². The molecule has 0 radical (unpaired) electrons. The molecule has 65 heavy (non-hydrogen) atoms. The first-order valence-corrected chi connectivity index (χ1v) is 22.0. The van der Waals surface area contributed by atoms with Crippen LogP contribution in [-0.4, -0.2) is 9.55 Å². The van der Waals surface area contributed by atoms with Crippen molar-refractivity contribution >= 4 is 33.2 Å². The first-order chi connectivity index (χ1) is 31.0. The molecule has 0 amide bonds. The van der Waals surface area contributed by atoms with Gasteiger partial charge in [-0.05, 0) is 81.5 Å². The summed E-state index contributed by atoms with van der Waals surface area (Å²) in [6.45, 7) is 15.9. The Hall–Kier alpha value is -6.68. The Bertz CT molecular complexity index is 3080. The summed E-state index contributed by atoms with van der Waals surface area (Å²) in [6, 6.07) is 69.3. The van der Waals surface area contributed by atoms with E-state index in [-0.39, 0.29) is 37.3 Å². The summed E-state index contributed by atoms with van der Waals surface area (Å²) in [5, 5.41) is 2.22. The van der Waals surface area contributed by atoms with Crippen LogP contribution >= 0.6 is 0 Å². The van der Waals surface area contributed by atoms with Gasteiger partial charge in [-0.3, -0.25) is 0 Å². The average molecular weight is 1030 g/mol. The Kier molecular flexibility index (Phi) is 11.6. The third kappa shape index (κ3) is 8.19. The van der Waals surface area contributed by atoms with Gasteiger partial charge in [0.2, 0.25) is 0 Å². The minimum Gasteiger partial charge on any atom is -0.509 e. The van der Waals surface area contributed by atoms with E-state index in [1.807, 2.05) is 24.4 Å². The number of fused-ring (bicyclic) bond motifs is 3. The quantitative estimate of drug-likeness (QED) is 0.121. The summed E-state index contributed by atoms with van der Waals surface area (Å²) in [6.07, 6.45) is 6.09. The minimum atomic E-state index is -0.227. The Balaban J connectivity index is 0.00000533. The van der Waals surface area contributed by atoms with Crippen molar-refractivity contribution in [3.63, 3.8) is 0 Å². The van der Waals surface area contributed by atoms with E-state index in [9.17, 15) is 0 Å².